The van der Waals surface area contributed by atoms with E-state index >= 15 is 0 Å². The van der Waals surface area contributed by atoms with Crippen LogP contribution in [0.15, 0.2) is 73.0 Å². The number of hydrogen-bond acceptors (Lipinski definition) is 4. The molecule has 0 saturated carbocycles. The third-order valence-electron chi connectivity index (χ3n) is 5.88. The first-order valence-electron chi connectivity index (χ1n) is 11.8. The highest BCUT2D eigenvalue weighted by Gasteiger charge is 2.17. The summed E-state index contributed by atoms with van der Waals surface area (Å²) in [7, 11) is 0. The van der Waals surface area contributed by atoms with E-state index in [9.17, 15) is 13.6 Å². The molecule has 5 nitrogen and oxygen atoms in total. The first-order valence-corrected chi connectivity index (χ1v) is 11.8. The van der Waals surface area contributed by atoms with E-state index < -0.39 is 11.6 Å². The van der Waals surface area contributed by atoms with Gasteiger partial charge in [-0.05, 0) is 61.7 Å². The summed E-state index contributed by atoms with van der Waals surface area (Å²) in [4.78, 5) is 17.3. The van der Waals surface area contributed by atoms with Crippen molar-refractivity contribution in [3.63, 3.8) is 0 Å². The third kappa shape index (κ3) is 6.43. The summed E-state index contributed by atoms with van der Waals surface area (Å²) in [5.74, 6) is -0.0745. The van der Waals surface area contributed by atoms with Gasteiger partial charge in [-0.2, -0.15) is 0 Å². The summed E-state index contributed by atoms with van der Waals surface area (Å²) in [6.45, 7) is 5.33. The molecule has 7 heteroatoms. The molecule has 1 N–H and O–H groups in total. The molecule has 36 heavy (non-hydrogen) atoms. The number of aromatic nitrogens is 1. The fourth-order valence-electron chi connectivity index (χ4n) is 3.87. The number of rotatable bonds is 9. The van der Waals surface area contributed by atoms with Gasteiger partial charge in [-0.25, -0.2) is 8.78 Å². The zero-order chi connectivity index (χ0) is 25.5. The molecule has 0 unspecified atom stereocenters. The van der Waals surface area contributed by atoms with Gasteiger partial charge in [-0.1, -0.05) is 24.3 Å². The number of carbonyl (C=O) groups excluding carboxylic acids is 1. The summed E-state index contributed by atoms with van der Waals surface area (Å²) >= 11 is 0. The van der Waals surface area contributed by atoms with Crippen molar-refractivity contribution < 1.29 is 23.0 Å². The van der Waals surface area contributed by atoms with Crippen LogP contribution in [0.5, 0.6) is 11.5 Å². The van der Waals surface area contributed by atoms with Crippen LogP contribution in [-0.2, 0) is 11.3 Å². The molecule has 0 aliphatic carbocycles. The number of allylic oxidation sites excluding steroid dienone is 4. The topological polar surface area (TPSA) is 60.5 Å². The second kappa shape index (κ2) is 11.7. The lowest BCUT2D eigenvalue weighted by atomic mass is 10.0. The van der Waals surface area contributed by atoms with Crippen LogP contribution in [0, 0.1) is 24.5 Å². The van der Waals surface area contributed by atoms with Crippen LogP contribution >= 0.6 is 0 Å². The minimum atomic E-state index is -0.688. The standard InChI is InChI=1S/C29H28F2N2O3/c1-3-5-22(9-8-20-17-35-18-20)27-15-25(10-11-32-27)36-28-7-4-6-26(19(28)2)29(34)33-16-21-12-23(30)14-24(31)13-21/h3-7,9-15,20H,8,16-18H2,1-2H3,(H,33,34)/b5-3-,22-9+. The van der Waals surface area contributed by atoms with Crippen LogP contribution in [0.1, 0.15) is 40.5 Å². The number of nitrogens with one attached hydrogen (secondary N) is 1. The number of benzene rings is 2. The van der Waals surface area contributed by atoms with Crippen LogP contribution in [0.4, 0.5) is 8.78 Å². The van der Waals surface area contributed by atoms with Crippen LogP contribution in [0.25, 0.3) is 5.57 Å². The van der Waals surface area contributed by atoms with Crippen molar-refractivity contribution in [1.29, 1.82) is 0 Å². The fraction of sp³-hybridized carbons (Fsp3) is 0.241. The van der Waals surface area contributed by atoms with Gasteiger partial charge in [0, 0.05) is 41.9 Å². The molecular formula is C29H28F2N2O3. The Bertz CT molecular complexity index is 1280. The van der Waals surface area contributed by atoms with Gasteiger partial charge >= 0.3 is 0 Å². The van der Waals surface area contributed by atoms with E-state index in [2.05, 4.69) is 16.4 Å². The Balaban J connectivity index is 1.48. The van der Waals surface area contributed by atoms with E-state index in [0.717, 1.165) is 37.0 Å². The second-order valence-electron chi connectivity index (χ2n) is 8.67. The normalized spacial score (nSPS) is 14.1. The first-order chi connectivity index (χ1) is 17.4. The Morgan fingerprint density at radius 1 is 1.17 bits per heavy atom. The van der Waals surface area contributed by atoms with Crippen molar-refractivity contribution in [2.24, 2.45) is 5.92 Å². The van der Waals surface area contributed by atoms with Gasteiger partial charge in [-0.3, -0.25) is 9.78 Å². The SMILES string of the molecule is C/C=C\C(=C/CC1COC1)c1cc(Oc2cccc(C(=O)NCc3cc(F)cc(F)c3)c2C)ccn1. The average Bonchev–Trinajstić information content (AvgIpc) is 2.82. The maximum Gasteiger partial charge on any atom is 0.251 e. The van der Waals surface area contributed by atoms with Gasteiger partial charge in [-0.15, -0.1) is 0 Å². The molecule has 1 amide bonds. The molecule has 2 heterocycles. The van der Waals surface area contributed by atoms with E-state index in [1.54, 1.807) is 37.4 Å². The second-order valence-corrected chi connectivity index (χ2v) is 8.67. The minimum Gasteiger partial charge on any atom is -0.457 e. The van der Waals surface area contributed by atoms with E-state index in [0.29, 0.717) is 34.1 Å². The van der Waals surface area contributed by atoms with Crippen molar-refractivity contribution >= 4 is 11.5 Å². The van der Waals surface area contributed by atoms with Crippen LogP contribution in [0.2, 0.25) is 0 Å². The predicted molar refractivity (Wildman–Crippen MR) is 135 cm³/mol. The smallest absolute Gasteiger partial charge is 0.251 e. The number of pyridine rings is 1. The molecule has 0 radical (unpaired) electrons. The monoisotopic (exact) mass is 490 g/mol. The van der Waals surface area contributed by atoms with Crippen LogP contribution in [-0.4, -0.2) is 24.1 Å². The molecule has 186 valence electrons. The minimum absolute atomic E-state index is 0.00120. The van der Waals surface area contributed by atoms with Gasteiger partial charge < -0.3 is 14.8 Å². The quantitative estimate of drug-likeness (QED) is 0.353. The van der Waals surface area contributed by atoms with E-state index in [1.807, 2.05) is 25.1 Å². The van der Waals surface area contributed by atoms with Crippen LogP contribution in [0.3, 0.4) is 0 Å². The molecule has 0 atom stereocenters. The zero-order valence-electron chi connectivity index (χ0n) is 20.3. The van der Waals surface area contributed by atoms with E-state index in [1.165, 1.54) is 12.1 Å². The summed E-state index contributed by atoms with van der Waals surface area (Å²) in [5, 5.41) is 2.71. The Morgan fingerprint density at radius 2 is 1.94 bits per heavy atom. The van der Waals surface area contributed by atoms with Crippen molar-refractivity contribution in [3.8, 4) is 11.5 Å². The number of halogens is 2. The fourth-order valence-corrected chi connectivity index (χ4v) is 3.87. The van der Waals surface area contributed by atoms with Gasteiger partial charge in [0.15, 0.2) is 0 Å². The predicted octanol–water partition coefficient (Wildman–Crippen LogP) is 6.39. The largest absolute Gasteiger partial charge is 0.457 e. The molecule has 1 saturated heterocycles. The lowest BCUT2D eigenvalue weighted by Gasteiger charge is -2.24. The molecule has 1 aromatic heterocycles. The molecule has 2 aromatic carbocycles. The van der Waals surface area contributed by atoms with Crippen LogP contribution < -0.4 is 10.1 Å². The number of hydrogen-bond donors (Lipinski definition) is 1. The van der Waals surface area contributed by atoms with Crippen molar-refractivity contribution in [1.82, 2.24) is 10.3 Å². The molecule has 0 bridgehead atoms. The van der Waals surface area contributed by atoms with E-state index in [-0.39, 0.29) is 12.5 Å². The van der Waals surface area contributed by atoms with E-state index in [4.69, 9.17) is 9.47 Å². The molecule has 3 aromatic rings. The van der Waals surface area contributed by atoms with Crippen molar-refractivity contribution in [3.05, 3.63) is 107 Å². The maximum atomic E-state index is 13.4. The Labute approximate surface area is 209 Å². The van der Waals surface area contributed by atoms with Gasteiger partial charge in [0.25, 0.3) is 5.91 Å². The number of amides is 1. The number of carbonyl (C=O) groups is 1. The highest BCUT2D eigenvalue weighted by Crippen LogP contribution is 2.29. The van der Waals surface area contributed by atoms with Crippen molar-refractivity contribution in [2.75, 3.05) is 13.2 Å². The number of ether oxygens (including phenoxy) is 2. The molecular weight excluding hydrogens is 462 g/mol. The Morgan fingerprint density at radius 3 is 2.64 bits per heavy atom. The Hall–Kier alpha value is -3.84. The third-order valence-corrected chi connectivity index (χ3v) is 5.88. The van der Waals surface area contributed by atoms with Gasteiger partial charge in [0.1, 0.15) is 23.1 Å². The lowest BCUT2D eigenvalue weighted by Crippen LogP contribution is -2.26. The summed E-state index contributed by atoms with van der Waals surface area (Å²) in [6.07, 6.45) is 8.78. The zero-order valence-corrected chi connectivity index (χ0v) is 20.3. The highest BCUT2D eigenvalue weighted by molar-refractivity contribution is 5.96. The van der Waals surface area contributed by atoms with Crippen molar-refractivity contribution in [2.45, 2.75) is 26.8 Å². The molecule has 1 aliphatic heterocycles. The summed E-state index contributed by atoms with van der Waals surface area (Å²) in [5.41, 5.74) is 3.20. The molecule has 4 rings (SSSR count). The Kier molecular flexibility index (Phi) is 8.23. The average molecular weight is 491 g/mol. The maximum absolute atomic E-state index is 13.4. The number of nitrogens with zero attached hydrogens (tertiary/aromatic N) is 1. The van der Waals surface area contributed by atoms with Gasteiger partial charge in [0.05, 0.1) is 18.9 Å². The lowest BCUT2D eigenvalue weighted by molar-refractivity contribution is -0.0299. The molecule has 1 fully saturated rings. The molecule has 0 spiro atoms. The summed E-state index contributed by atoms with van der Waals surface area (Å²) in [6, 6.07) is 12.0. The highest BCUT2D eigenvalue weighted by atomic mass is 19.1. The molecule has 1 aliphatic rings. The first kappa shape index (κ1) is 25.3. The van der Waals surface area contributed by atoms with Gasteiger partial charge in [0.2, 0.25) is 0 Å². The summed E-state index contributed by atoms with van der Waals surface area (Å²) < 4.78 is 38.3.